The van der Waals surface area contributed by atoms with Crippen molar-refractivity contribution >= 4 is 75.4 Å². The summed E-state index contributed by atoms with van der Waals surface area (Å²) in [6.45, 7) is 27.7. The molecule has 0 unspecified atom stereocenters. The van der Waals surface area contributed by atoms with Gasteiger partial charge in [-0.25, -0.2) is 38.9 Å². The molecule has 0 spiro atoms. The fourth-order valence-electron chi connectivity index (χ4n) is 7.07. The zero-order valence-electron chi connectivity index (χ0n) is 46.0. The number of carbonyl (C=O) groups is 8. The Bertz CT molecular complexity index is 2420. The summed E-state index contributed by atoms with van der Waals surface area (Å²) in [6, 6.07) is 9.78. The molecule has 6 rings (SSSR count). The van der Waals surface area contributed by atoms with Crippen molar-refractivity contribution in [2.45, 2.75) is 147 Å². The number of aromatic nitrogens is 3. The first-order chi connectivity index (χ1) is 34.3. The minimum Gasteiger partial charge on any atom is -0.465 e. The van der Waals surface area contributed by atoms with Crippen molar-refractivity contribution in [3.8, 4) is 0 Å². The van der Waals surface area contributed by atoms with Crippen molar-refractivity contribution in [2.24, 2.45) is 5.41 Å². The summed E-state index contributed by atoms with van der Waals surface area (Å²) >= 11 is 3.15. The summed E-state index contributed by atoms with van der Waals surface area (Å²) in [5.74, 6) is -0.626. The Morgan fingerprint density at radius 2 is 0.961 bits per heavy atom. The molecule has 1 N–H and O–H groups in total. The van der Waals surface area contributed by atoms with Gasteiger partial charge < -0.3 is 29.0 Å². The zero-order chi connectivity index (χ0) is 56.6. The van der Waals surface area contributed by atoms with Gasteiger partial charge in [-0.2, -0.15) is 0 Å². The van der Waals surface area contributed by atoms with Crippen LogP contribution >= 0.6 is 15.9 Å². The minimum atomic E-state index is -1.08. The maximum atomic E-state index is 12.9. The molecular weight excluding hydrogens is 1050 g/mol. The van der Waals surface area contributed by atoms with Gasteiger partial charge in [0, 0.05) is 56.7 Å². The van der Waals surface area contributed by atoms with Gasteiger partial charge in [0.15, 0.2) is 0 Å². The topological polar surface area (TPSA) is 246 Å². The Morgan fingerprint density at radius 3 is 1.33 bits per heavy atom. The van der Waals surface area contributed by atoms with Gasteiger partial charge in [-0.1, -0.05) is 42.5 Å². The van der Waals surface area contributed by atoms with Crippen LogP contribution in [0, 0.1) is 5.41 Å². The van der Waals surface area contributed by atoms with Crippen LogP contribution in [0.2, 0.25) is 0 Å². The lowest BCUT2D eigenvalue weighted by Gasteiger charge is -2.45. The molecule has 76 heavy (non-hydrogen) atoms. The van der Waals surface area contributed by atoms with Crippen LogP contribution in [0.5, 0.6) is 0 Å². The molecule has 3 aromatic heterocycles. The molecule has 6 heterocycles. The summed E-state index contributed by atoms with van der Waals surface area (Å²) in [7, 11) is 3.95. The molecule has 0 atom stereocenters. The predicted molar refractivity (Wildman–Crippen MR) is 294 cm³/mol. The number of nitrogens with zero attached hydrogens (tertiary/aromatic N) is 7. The molecule has 0 aromatic carbocycles. The number of halogens is 1. The maximum absolute atomic E-state index is 12.9. The zero-order valence-corrected chi connectivity index (χ0v) is 47.5. The predicted octanol–water partition coefficient (Wildman–Crippen LogP) is 9.31. The normalized spacial score (nSPS) is 16.1. The number of esters is 3. The molecule has 0 radical (unpaired) electrons. The Hall–Kier alpha value is -6.71. The van der Waals surface area contributed by atoms with Crippen LogP contribution in [0.3, 0.4) is 0 Å². The van der Waals surface area contributed by atoms with Crippen molar-refractivity contribution in [1.29, 1.82) is 0 Å². The van der Waals surface area contributed by atoms with Gasteiger partial charge in [0.2, 0.25) is 11.8 Å². The summed E-state index contributed by atoms with van der Waals surface area (Å²) in [6.07, 6.45) is 5.15. The van der Waals surface area contributed by atoms with Gasteiger partial charge in [0.25, 0.3) is 5.91 Å². The van der Waals surface area contributed by atoms with Gasteiger partial charge in [-0.15, -0.1) is 0 Å². The van der Waals surface area contributed by atoms with Gasteiger partial charge in [0.1, 0.15) is 38.5 Å². The lowest BCUT2D eigenvalue weighted by molar-refractivity contribution is -0.134. The average Bonchev–Trinajstić information content (AvgIpc) is 3.33. The van der Waals surface area contributed by atoms with Crippen molar-refractivity contribution in [2.75, 3.05) is 63.9 Å². The Labute approximate surface area is 458 Å². The molecule has 3 aliphatic rings. The van der Waals surface area contributed by atoms with Crippen molar-refractivity contribution in [1.82, 2.24) is 30.1 Å². The van der Waals surface area contributed by atoms with E-state index in [1.807, 2.05) is 48.5 Å². The number of piperidine rings is 1. The molecule has 3 aromatic rings. The van der Waals surface area contributed by atoms with E-state index >= 15 is 0 Å². The second kappa shape index (κ2) is 29.6. The molecule has 424 valence electrons. The molecule has 3 saturated heterocycles. The third-order valence-corrected chi connectivity index (χ3v) is 11.6. The van der Waals surface area contributed by atoms with Crippen LogP contribution in [0.25, 0.3) is 0 Å². The maximum Gasteiger partial charge on any atom is 0.411 e. The second-order valence-corrected chi connectivity index (χ2v) is 21.0. The monoisotopic (exact) mass is 1130 g/mol. The molecule has 3 aliphatic heterocycles. The smallest absolute Gasteiger partial charge is 0.411 e. The fourth-order valence-corrected chi connectivity index (χ4v) is 7.31. The molecular formula is C54H83BrN8O13. The molecule has 21 nitrogen and oxygen atoms in total. The number of nitrogens with one attached hydrogen (secondary N) is 1. The highest BCUT2D eigenvalue weighted by Gasteiger charge is 2.47. The van der Waals surface area contributed by atoms with Crippen LogP contribution in [-0.2, 0) is 38.1 Å². The number of hydrogen-bond acceptors (Lipinski definition) is 16. The van der Waals surface area contributed by atoms with Gasteiger partial charge in [0.05, 0.1) is 38.0 Å². The number of pyridine rings is 3. The first-order valence-electron chi connectivity index (χ1n) is 24.0. The number of rotatable bonds is 5. The largest absolute Gasteiger partial charge is 0.465 e. The lowest BCUT2D eigenvalue weighted by Crippen LogP contribution is -2.65. The molecule has 0 saturated carbocycles. The highest BCUT2D eigenvalue weighted by Crippen LogP contribution is 2.33. The van der Waals surface area contributed by atoms with Crippen LogP contribution in [0.4, 0.5) is 21.2 Å². The molecule has 0 bridgehead atoms. The van der Waals surface area contributed by atoms with E-state index in [1.54, 1.807) is 89.8 Å². The van der Waals surface area contributed by atoms with E-state index in [-0.39, 0.29) is 50.5 Å². The van der Waals surface area contributed by atoms with Crippen LogP contribution in [0.1, 0.15) is 156 Å². The number of piperazine rings is 2. The summed E-state index contributed by atoms with van der Waals surface area (Å²) in [4.78, 5) is 113. The average molecular weight is 1130 g/mol. The standard InChI is InChI=1S/C18H25N3O5.C14H18N2O3.C11H20N2O3.C7H6BrNO2.C2H6.2CH4/c1-17(2,3)26-16(24)21-10-9-20(15(23)18(21,4)5)13-8-7-12(11-19-13)14(22)25-6;1-14(2)7-4-8-16(13(14)18)11-6-5-10(9-15-11)12(17)19-3;1-10(2,3)16-9(15)13-7-6-12-8(14)11(13,4)5;1-11-7(10)5-2-3-6(8)9-4-5;1-2;;/h7-8,11H,9-10H2,1-6H3;5-6,9H,4,7-8H2,1-3H3;6-7H2,1-5H3,(H,12,14);2-4H,1H3;1-2H3;2*1H4. The minimum absolute atomic E-state index is 0. The van der Waals surface area contributed by atoms with E-state index in [0.717, 1.165) is 12.8 Å². The summed E-state index contributed by atoms with van der Waals surface area (Å²) in [5.41, 5.74) is -2.31. The van der Waals surface area contributed by atoms with Crippen LogP contribution < -0.4 is 15.1 Å². The van der Waals surface area contributed by atoms with E-state index in [4.69, 9.17) is 9.47 Å². The SMILES string of the molecule is C.C.CC.CC(C)(C)OC(=O)N1CCNC(=O)C1(C)C.COC(=O)c1ccc(Br)nc1.COC(=O)c1ccc(N2CCCC(C)(C)C2=O)nc1.COC(=O)c1ccc(N2CCN(C(=O)OC(C)(C)C)C(C)(C)C2=O)nc1. The van der Waals surface area contributed by atoms with Crippen molar-refractivity contribution < 1.29 is 62.0 Å². The number of carbonyl (C=O) groups excluding carboxylic acids is 8. The molecule has 0 aliphatic carbocycles. The number of anilines is 2. The van der Waals surface area contributed by atoms with Gasteiger partial charge in [-0.05, 0) is 134 Å². The van der Waals surface area contributed by atoms with E-state index in [9.17, 15) is 38.4 Å². The van der Waals surface area contributed by atoms with E-state index in [0.29, 0.717) is 59.1 Å². The Balaban J connectivity index is 0.00000101. The van der Waals surface area contributed by atoms with Crippen LogP contribution in [0.15, 0.2) is 59.6 Å². The highest BCUT2D eigenvalue weighted by molar-refractivity contribution is 9.10. The first-order valence-corrected chi connectivity index (χ1v) is 24.8. The number of amides is 5. The summed E-state index contributed by atoms with van der Waals surface area (Å²) in [5, 5.41) is 2.73. The fraction of sp³-hybridized carbons (Fsp3) is 0.574. The van der Waals surface area contributed by atoms with Gasteiger partial charge >= 0.3 is 30.1 Å². The highest BCUT2D eigenvalue weighted by atomic mass is 79.9. The first kappa shape index (κ1) is 69.3. The summed E-state index contributed by atoms with van der Waals surface area (Å²) < 4.78 is 25.1. The van der Waals surface area contributed by atoms with Gasteiger partial charge in [-0.3, -0.25) is 34.0 Å². The molecule has 22 heteroatoms. The van der Waals surface area contributed by atoms with E-state index < -0.39 is 46.4 Å². The third-order valence-electron chi connectivity index (χ3n) is 11.1. The second-order valence-electron chi connectivity index (χ2n) is 20.2. The Morgan fingerprint density at radius 1 is 0.566 bits per heavy atom. The third kappa shape index (κ3) is 19.5. The van der Waals surface area contributed by atoms with E-state index in [1.165, 1.54) is 54.6 Å². The quantitative estimate of drug-likeness (QED) is 0.142. The molecule has 5 amide bonds. The number of hydrogen-bond donors (Lipinski definition) is 1. The van der Waals surface area contributed by atoms with Crippen molar-refractivity contribution in [3.05, 3.63) is 76.3 Å². The molecule has 3 fully saturated rings. The van der Waals surface area contributed by atoms with E-state index in [2.05, 4.69) is 50.4 Å². The number of ether oxygens (including phenoxy) is 5. The lowest BCUT2D eigenvalue weighted by atomic mass is 9.83. The Kier molecular flexibility index (Phi) is 26.9. The van der Waals surface area contributed by atoms with Crippen molar-refractivity contribution in [3.63, 3.8) is 0 Å². The number of methoxy groups -OCH3 is 3. The van der Waals surface area contributed by atoms with Crippen LogP contribution in [-0.4, -0.2) is 149 Å².